The first-order valence-electron chi connectivity index (χ1n) is 11.4. The lowest BCUT2D eigenvalue weighted by Gasteiger charge is -2.15. The van der Waals surface area contributed by atoms with Gasteiger partial charge in [-0.15, -0.1) is 0 Å². The van der Waals surface area contributed by atoms with Gasteiger partial charge in [-0.1, -0.05) is 38.1 Å². The van der Waals surface area contributed by atoms with Crippen LogP contribution >= 0.6 is 0 Å². The highest BCUT2D eigenvalue weighted by Gasteiger charge is 2.21. The molecule has 2 aromatic heterocycles. The monoisotopic (exact) mass is 476 g/mol. The molecule has 0 aliphatic carbocycles. The molecule has 0 saturated carbocycles. The van der Waals surface area contributed by atoms with Crippen molar-refractivity contribution in [3.05, 3.63) is 86.8 Å². The van der Waals surface area contributed by atoms with Crippen LogP contribution in [-0.4, -0.2) is 38.9 Å². The Hall–Kier alpha value is -4.14. The summed E-state index contributed by atoms with van der Waals surface area (Å²) in [7, 11) is 2.87. The van der Waals surface area contributed by atoms with Crippen molar-refractivity contribution in [2.24, 2.45) is 5.92 Å². The zero-order valence-corrected chi connectivity index (χ0v) is 20.2. The number of fused-ring (bicyclic) bond motifs is 1. The van der Waals surface area contributed by atoms with Gasteiger partial charge >= 0.3 is 11.7 Å². The van der Waals surface area contributed by atoms with Crippen LogP contribution in [-0.2, 0) is 17.8 Å². The third-order valence-corrected chi connectivity index (χ3v) is 5.88. The summed E-state index contributed by atoms with van der Waals surface area (Å²) in [5.74, 6) is 0.395. The predicted molar refractivity (Wildman–Crippen MR) is 132 cm³/mol. The van der Waals surface area contributed by atoms with Crippen LogP contribution in [0.5, 0.6) is 5.75 Å². The van der Waals surface area contributed by atoms with Crippen LogP contribution in [0.15, 0.2) is 64.4 Å². The fourth-order valence-electron chi connectivity index (χ4n) is 3.98. The summed E-state index contributed by atoms with van der Waals surface area (Å²) in [6.07, 6.45) is 2.23. The highest BCUT2D eigenvalue weighted by Crippen LogP contribution is 2.23. The third-order valence-electron chi connectivity index (χ3n) is 5.88. The molecule has 182 valence electrons. The van der Waals surface area contributed by atoms with Gasteiger partial charge in [0.05, 0.1) is 31.8 Å². The Bertz CT molecular complexity index is 1480. The molecular weight excluding hydrogens is 448 g/mol. The minimum atomic E-state index is -0.458. The van der Waals surface area contributed by atoms with E-state index in [1.54, 1.807) is 53.4 Å². The second kappa shape index (κ2) is 10.0. The summed E-state index contributed by atoms with van der Waals surface area (Å²) >= 11 is 0. The number of benzene rings is 2. The van der Waals surface area contributed by atoms with Gasteiger partial charge in [0.25, 0.3) is 5.56 Å². The summed E-state index contributed by atoms with van der Waals surface area (Å²) in [6, 6.07) is 14.1. The van der Waals surface area contributed by atoms with Gasteiger partial charge in [0.2, 0.25) is 0 Å². The molecule has 35 heavy (non-hydrogen) atoms. The Labute approximate surface area is 202 Å². The molecule has 0 radical (unpaired) electrons. The van der Waals surface area contributed by atoms with Crippen LogP contribution in [0.4, 0.5) is 0 Å². The lowest BCUT2D eigenvalue weighted by atomic mass is 10.1. The Balaban J connectivity index is 1.90. The van der Waals surface area contributed by atoms with Crippen molar-refractivity contribution >= 4 is 17.1 Å². The molecule has 9 heteroatoms. The van der Waals surface area contributed by atoms with Crippen LogP contribution < -0.4 is 16.0 Å². The number of para-hydroxylation sites is 2. The number of hydrogen-bond donors (Lipinski definition) is 0. The highest BCUT2D eigenvalue weighted by atomic mass is 16.5. The summed E-state index contributed by atoms with van der Waals surface area (Å²) < 4.78 is 14.7. The molecule has 0 saturated heterocycles. The number of rotatable bonds is 8. The maximum Gasteiger partial charge on any atom is 0.337 e. The molecule has 9 nitrogen and oxygen atoms in total. The number of hydrogen-bond acceptors (Lipinski definition) is 6. The Morgan fingerprint density at radius 1 is 1.03 bits per heavy atom. The van der Waals surface area contributed by atoms with E-state index >= 15 is 0 Å². The van der Waals surface area contributed by atoms with Crippen molar-refractivity contribution < 1.29 is 14.3 Å². The minimum Gasteiger partial charge on any atom is -0.495 e. The number of esters is 1. The zero-order chi connectivity index (χ0) is 25.1. The SMILES string of the molecule is COC(=O)c1ccc(Cn2cnc3c2c(=O)n(CCC(C)C)c(=O)n3-c2ccccc2OC)cc1. The third kappa shape index (κ3) is 4.62. The summed E-state index contributed by atoms with van der Waals surface area (Å²) in [4.78, 5) is 43.3. The van der Waals surface area contributed by atoms with Crippen LogP contribution in [0.2, 0.25) is 0 Å². The van der Waals surface area contributed by atoms with Crippen LogP contribution in [0.25, 0.3) is 16.9 Å². The van der Waals surface area contributed by atoms with Crippen molar-refractivity contribution in [1.29, 1.82) is 0 Å². The number of imidazole rings is 1. The Kier molecular flexibility index (Phi) is 6.86. The van der Waals surface area contributed by atoms with Gasteiger partial charge in [-0.05, 0) is 42.2 Å². The smallest absolute Gasteiger partial charge is 0.337 e. The molecule has 2 aromatic carbocycles. The zero-order valence-electron chi connectivity index (χ0n) is 20.2. The van der Waals surface area contributed by atoms with E-state index in [1.807, 2.05) is 19.9 Å². The van der Waals surface area contributed by atoms with E-state index in [-0.39, 0.29) is 11.2 Å². The molecule has 0 aliphatic heterocycles. The molecule has 2 heterocycles. The number of carbonyl (C=O) groups is 1. The summed E-state index contributed by atoms with van der Waals surface area (Å²) in [6.45, 7) is 4.72. The number of ether oxygens (including phenoxy) is 2. The van der Waals surface area contributed by atoms with E-state index in [2.05, 4.69) is 4.98 Å². The molecule has 0 spiro atoms. The van der Waals surface area contributed by atoms with Gasteiger partial charge in [-0.25, -0.2) is 19.1 Å². The fraction of sp³-hybridized carbons (Fsp3) is 0.308. The van der Waals surface area contributed by atoms with E-state index in [0.717, 1.165) is 5.56 Å². The topological polar surface area (TPSA) is 97.4 Å². The van der Waals surface area contributed by atoms with Crippen LogP contribution in [0.1, 0.15) is 36.2 Å². The molecule has 0 amide bonds. The molecule has 0 atom stereocenters. The standard InChI is InChI=1S/C26H28N4O5/c1-17(2)13-14-29-24(31)22-23(30(26(29)33)20-7-5-6-8-21(20)34-3)27-16-28(22)15-18-9-11-19(12-10-18)25(32)35-4/h5-12,16-17H,13-15H2,1-4H3. The van der Waals surface area contributed by atoms with E-state index in [1.165, 1.54) is 23.4 Å². The highest BCUT2D eigenvalue weighted by molar-refractivity contribution is 5.89. The van der Waals surface area contributed by atoms with Crippen molar-refractivity contribution in [3.63, 3.8) is 0 Å². The van der Waals surface area contributed by atoms with E-state index in [9.17, 15) is 14.4 Å². The summed E-state index contributed by atoms with van der Waals surface area (Å²) in [5.41, 5.74) is 1.54. The number of nitrogens with zero attached hydrogens (tertiary/aromatic N) is 4. The van der Waals surface area contributed by atoms with Gasteiger partial charge in [-0.2, -0.15) is 0 Å². The van der Waals surface area contributed by atoms with Gasteiger partial charge in [0.15, 0.2) is 11.2 Å². The predicted octanol–water partition coefficient (Wildman–Crippen LogP) is 3.24. The first-order valence-corrected chi connectivity index (χ1v) is 11.4. The van der Waals surface area contributed by atoms with E-state index in [4.69, 9.17) is 9.47 Å². The molecule has 0 bridgehead atoms. The molecular formula is C26H28N4O5. The molecule has 0 unspecified atom stereocenters. The average molecular weight is 477 g/mol. The molecule has 4 rings (SSSR count). The molecule has 4 aromatic rings. The molecule has 0 N–H and O–H groups in total. The van der Waals surface area contributed by atoms with Crippen molar-refractivity contribution in [1.82, 2.24) is 18.7 Å². The normalized spacial score (nSPS) is 11.2. The molecule has 0 fully saturated rings. The van der Waals surface area contributed by atoms with Gasteiger partial charge in [-0.3, -0.25) is 9.36 Å². The first kappa shape index (κ1) is 24.0. The van der Waals surface area contributed by atoms with Gasteiger partial charge < -0.3 is 14.0 Å². The second-order valence-corrected chi connectivity index (χ2v) is 8.66. The average Bonchev–Trinajstić information content (AvgIpc) is 3.27. The number of methoxy groups -OCH3 is 2. The Morgan fingerprint density at radius 2 is 1.74 bits per heavy atom. The largest absolute Gasteiger partial charge is 0.495 e. The number of carbonyl (C=O) groups excluding carboxylic acids is 1. The number of aromatic nitrogens is 4. The van der Waals surface area contributed by atoms with Crippen molar-refractivity contribution in [2.75, 3.05) is 14.2 Å². The van der Waals surface area contributed by atoms with E-state index in [0.29, 0.717) is 47.9 Å². The maximum atomic E-state index is 13.6. The van der Waals surface area contributed by atoms with Crippen LogP contribution in [0.3, 0.4) is 0 Å². The lowest BCUT2D eigenvalue weighted by Crippen LogP contribution is -2.40. The van der Waals surface area contributed by atoms with Gasteiger partial charge in [0, 0.05) is 13.1 Å². The summed E-state index contributed by atoms with van der Waals surface area (Å²) in [5, 5.41) is 0. The first-order chi connectivity index (χ1) is 16.8. The minimum absolute atomic E-state index is 0.261. The van der Waals surface area contributed by atoms with E-state index < -0.39 is 11.7 Å². The maximum absolute atomic E-state index is 13.6. The second-order valence-electron chi connectivity index (χ2n) is 8.66. The quantitative estimate of drug-likeness (QED) is 0.362. The molecule has 0 aliphatic rings. The van der Waals surface area contributed by atoms with Gasteiger partial charge in [0.1, 0.15) is 5.75 Å². The van der Waals surface area contributed by atoms with Crippen molar-refractivity contribution in [3.8, 4) is 11.4 Å². The Morgan fingerprint density at radius 3 is 2.40 bits per heavy atom. The van der Waals surface area contributed by atoms with Crippen molar-refractivity contribution in [2.45, 2.75) is 33.4 Å². The fourth-order valence-corrected chi connectivity index (χ4v) is 3.98. The van der Waals surface area contributed by atoms with Crippen LogP contribution in [0, 0.1) is 5.92 Å². The lowest BCUT2D eigenvalue weighted by molar-refractivity contribution is 0.0600.